The van der Waals surface area contributed by atoms with Crippen molar-refractivity contribution in [1.82, 2.24) is 14.2 Å². The Morgan fingerprint density at radius 2 is 1.71 bits per heavy atom. The third kappa shape index (κ3) is 2.57. The minimum Gasteiger partial charge on any atom is -0.508 e. The molecular weight excluding hydrogens is 374 g/mol. The van der Waals surface area contributed by atoms with E-state index >= 15 is 0 Å². The van der Waals surface area contributed by atoms with E-state index in [9.17, 15) is 13.5 Å². The summed E-state index contributed by atoms with van der Waals surface area (Å²) in [4.78, 5) is 4.94. The van der Waals surface area contributed by atoms with Crippen molar-refractivity contribution in [3.05, 3.63) is 53.7 Å². The van der Waals surface area contributed by atoms with Gasteiger partial charge in [-0.1, -0.05) is 0 Å². The van der Waals surface area contributed by atoms with Crippen LogP contribution in [0.5, 0.6) is 5.75 Å². The molecule has 28 heavy (non-hydrogen) atoms. The highest BCUT2D eigenvalue weighted by molar-refractivity contribution is 7.89. The summed E-state index contributed by atoms with van der Waals surface area (Å²) in [7, 11) is -3.47. The molecule has 1 aliphatic carbocycles. The van der Waals surface area contributed by atoms with Crippen molar-refractivity contribution >= 4 is 31.8 Å². The van der Waals surface area contributed by atoms with Gasteiger partial charge in [-0.05, 0) is 73.2 Å². The van der Waals surface area contributed by atoms with Crippen molar-refractivity contribution in [2.75, 3.05) is 6.26 Å². The fraction of sp³-hybridized carbons (Fsp3) is 0.238. The van der Waals surface area contributed by atoms with Crippen molar-refractivity contribution in [3.8, 4) is 17.0 Å². The molecule has 2 aromatic carbocycles. The quantitative estimate of drug-likeness (QED) is 0.562. The van der Waals surface area contributed by atoms with E-state index in [1.54, 1.807) is 24.4 Å². The van der Waals surface area contributed by atoms with Crippen molar-refractivity contribution in [2.45, 2.75) is 25.7 Å². The third-order valence-corrected chi connectivity index (χ3v) is 6.36. The first kappa shape index (κ1) is 17.2. The zero-order valence-corrected chi connectivity index (χ0v) is 16.2. The number of rotatable bonds is 2. The number of nitrogens with zero attached hydrogens (tertiary/aromatic N) is 3. The molecule has 1 aliphatic rings. The SMILES string of the molecule is CS(=O)(=O)n1ncc2c3c4c(c(-c5ccc(O)cc5)nc3ccc21)CCCC4. The van der Waals surface area contributed by atoms with Gasteiger partial charge in [0.1, 0.15) is 5.75 Å². The largest absolute Gasteiger partial charge is 0.508 e. The summed E-state index contributed by atoms with van der Waals surface area (Å²) in [6.45, 7) is 0. The number of aromatic hydroxyl groups is 1. The molecule has 0 atom stereocenters. The molecule has 0 saturated carbocycles. The average molecular weight is 393 g/mol. The summed E-state index contributed by atoms with van der Waals surface area (Å²) in [5.74, 6) is 0.230. The normalized spacial score (nSPS) is 14.5. The standard InChI is InChI=1S/C21H19N3O3S/c1-28(26,27)24-19-11-10-18-20(17(19)12-22-24)15-4-2-3-5-16(15)21(23-18)13-6-8-14(25)9-7-13/h6-12,25H,2-5H2,1H3. The van der Waals surface area contributed by atoms with E-state index in [1.165, 1.54) is 11.1 Å². The Kier molecular flexibility index (Phi) is 3.71. The monoisotopic (exact) mass is 393 g/mol. The van der Waals surface area contributed by atoms with Crippen LogP contribution in [0.3, 0.4) is 0 Å². The summed E-state index contributed by atoms with van der Waals surface area (Å²) in [6.07, 6.45) is 6.86. The van der Waals surface area contributed by atoms with Gasteiger partial charge in [0.2, 0.25) is 0 Å². The minimum absolute atomic E-state index is 0.230. The molecule has 4 aromatic rings. The molecule has 0 bridgehead atoms. The zero-order valence-electron chi connectivity index (χ0n) is 15.4. The Morgan fingerprint density at radius 3 is 2.43 bits per heavy atom. The molecule has 1 N–H and O–H groups in total. The third-order valence-electron chi connectivity index (χ3n) is 5.44. The number of fused-ring (bicyclic) bond motifs is 5. The van der Waals surface area contributed by atoms with E-state index in [4.69, 9.17) is 4.98 Å². The maximum absolute atomic E-state index is 12.1. The Hall–Kier alpha value is -2.93. The lowest BCUT2D eigenvalue weighted by atomic mass is 9.85. The number of hydrogen-bond acceptors (Lipinski definition) is 5. The summed E-state index contributed by atoms with van der Waals surface area (Å²) in [5.41, 5.74) is 5.79. The van der Waals surface area contributed by atoms with Gasteiger partial charge in [-0.15, -0.1) is 0 Å². The molecule has 0 amide bonds. The van der Waals surface area contributed by atoms with Crippen LogP contribution in [0.1, 0.15) is 24.0 Å². The molecule has 0 spiro atoms. The lowest BCUT2D eigenvalue weighted by molar-refractivity contribution is 0.475. The van der Waals surface area contributed by atoms with Crippen molar-refractivity contribution in [1.29, 1.82) is 0 Å². The number of benzene rings is 2. The Labute approximate surface area is 162 Å². The summed E-state index contributed by atoms with van der Waals surface area (Å²) >= 11 is 0. The van der Waals surface area contributed by atoms with E-state index in [0.29, 0.717) is 5.52 Å². The molecule has 7 heteroatoms. The van der Waals surface area contributed by atoms with E-state index in [1.807, 2.05) is 18.2 Å². The summed E-state index contributed by atoms with van der Waals surface area (Å²) < 4.78 is 25.2. The van der Waals surface area contributed by atoms with E-state index < -0.39 is 10.0 Å². The van der Waals surface area contributed by atoms with Crippen LogP contribution in [-0.4, -0.2) is 33.9 Å². The molecule has 142 valence electrons. The van der Waals surface area contributed by atoms with Crippen molar-refractivity contribution < 1.29 is 13.5 Å². The number of pyridine rings is 1. The molecule has 0 fully saturated rings. The lowest BCUT2D eigenvalue weighted by Crippen LogP contribution is -2.11. The maximum atomic E-state index is 12.1. The Bertz CT molecular complexity index is 1340. The maximum Gasteiger partial charge on any atom is 0.251 e. The first-order chi connectivity index (χ1) is 13.4. The van der Waals surface area contributed by atoms with Crippen molar-refractivity contribution in [3.63, 3.8) is 0 Å². The van der Waals surface area contributed by atoms with Gasteiger partial charge in [-0.2, -0.15) is 9.19 Å². The molecule has 0 unspecified atom stereocenters. The van der Waals surface area contributed by atoms with Crippen LogP contribution in [0.4, 0.5) is 0 Å². The number of aromatic nitrogens is 3. The van der Waals surface area contributed by atoms with E-state index in [-0.39, 0.29) is 5.75 Å². The highest BCUT2D eigenvalue weighted by Crippen LogP contribution is 2.38. The predicted octanol–water partition coefficient (Wildman–Crippen LogP) is 3.64. The first-order valence-corrected chi connectivity index (χ1v) is 11.1. The Morgan fingerprint density at radius 1 is 1.00 bits per heavy atom. The fourth-order valence-electron chi connectivity index (χ4n) is 4.23. The number of phenols is 1. The van der Waals surface area contributed by atoms with Crippen LogP contribution >= 0.6 is 0 Å². The number of aryl methyl sites for hydroxylation is 1. The van der Waals surface area contributed by atoms with Gasteiger partial charge in [0.25, 0.3) is 10.0 Å². The topological polar surface area (TPSA) is 85.1 Å². The molecule has 6 nitrogen and oxygen atoms in total. The van der Waals surface area contributed by atoms with Gasteiger partial charge < -0.3 is 5.11 Å². The van der Waals surface area contributed by atoms with Crippen LogP contribution in [0.15, 0.2) is 42.6 Å². The predicted molar refractivity (Wildman–Crippen MR) is 109 cm³/mol. The smallest absolute Gasteiger partial charge is 0.251 e. The van der Waals surface area contributed by atoms with Crippen molar-refractivity contribution in [2.24, 2.45) is 0 Å². The molecular formula is C21H19N3O3S. The zero-order chi connectivity index (χ0) is 19.5. The second-order valence-electron chi connectivity index (χ2n) is 7.31. The van der Waals surface area contributed by atoms with Crippen LogP contribution in [0, 0.1) is 0 Å². The Balaban J connectivity index is 1.87. The van der Waals surface area contributed by atoms with Crippen LogP contribution in [0.2, 0.25) is 0 Å². The van der Waals surface area contributed by atoms with Gasteiger partial charge in [-0.3, -0.25) is 0 Å². The minimum atomic E-state index is -3.47. The summed E-state index contributed by atoms with van der Waals surface area (Å²) in [6, 6.07) is 10.8. The summed E-state index contributed by atoms with van der Waals surface area (Å²) in [5, 5.41) is 15.6. The van der Waals surface area contributed by atoms with Crippen LogP contribution < -0.4 is 0 Å². The highest BCUT2D eigenvalue weighted by Gasteiger charge is 2.22. The second-order valence-corrected chi connectivity index (χ2v) is 9.13. The van der Waals surface area contributed by atoms with Gasteiger partial charge in [0, 0.05) is 16.3 Å². The molecule has 2 aromatic heterocycles. The molecule has 0 aliphatic heterocycles. The van der Waals surface area contributed by atoms with Gasteiger partial charge in [-0.25, -0.2) is 13.4 Å². The first-order valence-electron chi connectivity index (χ1n) is 9.25. The molecule has 5 rings (SSSR count). The molecule has 0 saturated heterocycles. The van der Waals surface area contributed by atoms with Crippen LogP contribution in [-0.2, 0) is 22.9 Å². The second kappa shape index (κ2) is 6.04. The van der Waals surface area contributed by atoms with Gasteiger partial charge in [0.05, 0.1) is 29.2 Å². The highest BCUT2D eigenvalue weighted by atomic mass is 32.2. The molecule has 0 radical (unpaired) electrons. The number of hydrogen-bond donors (Lipinski definition) is 1. The van der Waals surface area contributed by atoms with E-state index in [2.05, 4.69) is 5.10 Å². The van der Waals surface area contributed by atoms with Gasteiger partial charge in [0.15, 0.2) is 0 Å². The van der Waals surface area contributed by atoms with E-state index in [0.717, 1.165) is 63.6 Å². The van der Waals surface area contributed by atoms with Crippen LogP contribution in [0.25, 0.3) is 33.1 Å². The average Bonchev–Trinajstić information content (AvgIpc) is 3.12. The van der Waals surface area contributed by atoms with Gasteiger partial charge >= 0.3 is 0 Å². The number of phenolic OH excluding ortho intramolecular Hbond substituents is 1. The molecule has 2 heterocycles. The fourth-order valence-corrected chi connectivity index (χ4v) is 4.96. The lowest BCUT2D eigenvalue weighted by Gasteiger charge is -2.22.